The number of rotatable bonds is 5. The maximum absolute atomic E-state index is 13.1. The number of nitrogens with zero attached hydrogens (tertiary/aromatic N) is 2. The van der Waals surface area contributed by atoms with Crippen LogP contribution in [0.25, 0.3) is 11.3 Å². The summed E-state index contributed by atoms with van der Waals surface area (Å²) in [6.07, 6.45) is 0. The van der Waals surface area contributed by atoms with Crippen molar-refractivity contribution in [3.63, 3.8) is 0 Å². The third-order valence-corrected chi connectivity index (χ3v) is 5.20. The highest BCUT2D eigenvalue weighted by Crippen LogP contribution is 2.44. The number of aryl methyl sites for hydroxylation is 2. The Kier molecular flexibility index (Phi) is 4.65. The van der Waals surface area contributed by atoms with Crippen molar-refractivity contribution >= 4 is 5.91 Å². The molecule has 6 heteroatoms. The fraction of sp³-hybridized carbons (Fsp3) is 0.273. The summed E-state index contributed by atoms with van der Waals surface area (Å²) < 4.78 is 5.22. The molecule has 0 bridgehead atoms. The highest BCUT2D eigenvalue weighted by atomic mass is 16.5. The Morgan fingerprint density at radius 2 is 1.86 bits per heavy atom. The predicted octanol–water partition coefficient (Wildman–Crippen LogP) is 3.59. The molecule has 0 aliphatic carbocycles. The summed E-state index contributed by atoms with van der Waals surface area (Å²) in [5.74, 6) is 0.0360. The van der Waals surface area contributed by atoms with Crippen molar-refractivity contribution in [2.75, 3.05) is 20.3 Å². The summed E-state index contributed by atoms with van der Waals surface area (Å²) in [7, 11) is 1.62. The number of H-pyrrole nitrogens is 1. The molecule has 0 unspecified atom stereocenters. The van der Waals surface area contributed by atoms with Crippen LogP contribution in [0.2, 0.25) is 0 Å². The maximum Gasteiger partial charge on any atom is 0.273 e. The Hall–Kier alpha value is -3.12. The SMILES string of the molecule is COCCN1C(=O)c2[nH]nc(-c3cc(C)ccc3O)c2[C@@H]1c1ccc(C)cc1. The van der Waals surface area contributed by atoms with Gasteiger partial charge in [0, 0.05) is 24.8 Å². The second-order valence-electron chi connectivity index (χ2n) is 7.19. The average molecular weight is 377 g/mol. The number of nitrogens with one attached hydrogen (secondary N) is 1. The van der Waals surface area contributed by atoms with E-state index in [2.05, 4.69) is 10.2 Å². The molecule has 3 aromatic rings. The van der Waals surface area contributed by atoms with Crippen LogP contribution < -0.4 is 0 Å². The van der Waals surface area contributed by atoms with Crippen LogP contribution in [-0.4, -0.2) is 46.4 Å². The van der Waals surface area contributed by atoms with Gasteiger partial charge in [0.05, 0.1) is 12.6 Å². The second kappa shape index (κ2) is 7.13. The molecule has 0 radical (unpaired) electrons. The first-order valence-corrected chi connectivity index (χ1v) is 9.26. The zero-order valence-electron chi connectivity index (χ0n) is 16.2. The molecule has 0 saturated heterocycles. The molecule has 1 amide bonds. The van der Waals surface area contributed by atoms with Gasteiger partial charge in [0.15, 0.2) is 0 Å². The number of ether oxygens (including phenoxy) is 1. The van der Waals surface area contributed by atoms with E-state index in [9.17, 15) is 9.90 Å². The standard InChI is InChI=1S/C22H23N3O3/c1-13-4-7-15(8-5-13)21-18-19(16-12-14(2)6-9-17(16)26)23-24-20(18)22(27)25(21)10-11-28-3/h4-9,12,21,26H,10-11H2,1-3H3,(H,23,24)/t21-/m0/s1. The number of methoxy groups -OCH3 is 1. The highest BCUT2D eigenvalue weighted by Gasteiger charge is 2.42. The fourth-order valence-corrected chi connectivity index (χ4v) is 3.76. The third-order valence-electron chi connectivity index (χ3n) is 5.20. The van der Waals surface area contributed by atoms with Crippen LogP contribution >= 0.6 is 0 Å². The number of aromatic nitrogens is 2. The van der Waals surface area contributed by atoms with Gasteiger partial charge < -0.3 is 14.7 Å². The van der Waals surface area contributed by atoms with E-state index in [-0.39, 0.29) is 17.7 Å². The summed E-state index contributed by atoms with van der Waals surface area (Å²) in [6, 6.07) is 13.3. The van der Waals surface area contributed by atoms with E-state index in [1.165, 1.54) is 0 Å². The summed E-state index contributed by atoms with van der Waals surface area (Å²) in [5.41, 5.74) is 5.66. The largest absolute Gasteiger partial charge is 0.507 e. The number of fused-ring (bicyclic) bond motifs is 1. The van der Waals surface area contributed by atoms with Gasteiger partial charge in [-0.15, -0.1) is 0 Å². The van der Waals surface area contributed by atoms with Gasteiger partial charge in [0.25, 0.3) is 5.91 Å². The Bertz CT molecular complexity index is 1020. The molecule has 1 aromatic heterocycles. The van der Waals surface area contributed by atoms with Crippen LogP contribution in [0.3, 0.4) is 0 Å². The monoisotopic (exact) mass is 377 g/mol. The number of phenolic OH excluding ortho intramolecular Hbond substituents is 1. The highest BCUT2D eigenvalue weighted by molar-refractivity contribution is 6.00. The van der Waals surface area contributed by atoms with Gasteiger partial charge >= 0.3 is 0 Å². The lowest BCUT2D eigenvalue weighted by Crippen LogP contribution is -2.32. The number of amides is 1. The number of carbonyl (C=O) groups is 1. The molecule has 2 heterocycles. The molecule has 6 nitrogen and oxygen atoms in total. The first kappa shape index (κ1) is 18.3. The van der Waals surface area contributed by atoms with Crippen LogP contribution in [0.1, 0.15) is 38.8 Å². The number of hydrogen-bond donors (Lipinski definition) is 2. The topological polar surface area (TPSA) is 78.5 Å². The molecule has 1 atom stereocenters. The second-order valence-corrected chi connectivity index (χ2v) is 7.19. The van der Waals surface area contributed by atoms with E-state index in [1.807, 2.05) is 50.2 Å². The van der Waals surface area contributed by atoms with Gasteiger partial charge in [0.2, 0.25) is 0 Å². The van der Waals surface area contributed by atoms with E-state index < -0.39 is 0 Å². The van der Waals surface area contributed by atoms with Crippen molar-refractivity contribution in [3.8, 4) is 17.0 Å². The van der Waals surface area contributed by atoms with Crippen molar-refractivity contribution in [1.82, 2.24) is 15.1 Å². The molecule has 144 valence electrons. The van der Waals surface area contributed by atoms with Gasteiger partial charge in [-0.05, 0) is 31.5 Å². The molecule has 4 rings (SSSR count). The zero-order chi connectivity index (χ0) is 19.8. The predicted molar refractivity (Wildman–Crippen MR) is 106 cm³/mol. The molecule has 2 aromatic carbocycles. The third kappa shape index (κ3) is 2.96. The van der Waals surface area contributed by atoms with Gasteiger partial charge in [0.1, 0.15) is 17.1 Å². The number of hydrogen-bond acceptors (Lipinski definition) is 4. The lowest BCUT2D eigenvalue weighted by Gasteiger charge is -2.26. The summed E-state index contributed by atoms with van der Waals surface area (Å²) in [5, 5.41) is 17.7. The lowest BCUT2D eigenvalue weighted by atomic mass is 9.94. The summed E-state index contributed by atoms with van der Waals surface area (Å²) in [4.78, 5) is 14.9. The maximum atomic E-state index is 13.1. The quantitative estimate of drug-likeness (QED) is 0.712. The van der Waals surface area contributed by atoms with E-state index in [4.69, 9.17) is 4.74 Å². The molecule has 1 aliphatic rings. The minimum Gasteiger partial charge on any atom is -0.507 e. The van der Waals surface area contributed by atoms with Crippen LogP contribution in [0.5, 0.6) is 5.75 Å². The normalized spacial score (nSPS) is 15.9. The molecule has 2 N–H and O–H groups in total. The number of carbonyl (C=O) groups excluding carboxylic acids is 1. The zero-order valence-corrected chi connectivity index (χ0v) is 16.2. The van der Waals surface area contributed by atoms with Crippen molar-refractivity contribution < 1.29 is 14.6 Å². The number of phenols is 1. The molecule has 0 fully saturated rings. The number of benzene rings is 2. The van der Waals surface area contributed by atoms with E-state index >= 15 is 0 Å². The summed E-state index contributed by atoms with van der Waals surface area (Å²) in [6.45, 7) is 4.90. The molecule has 0 spiro atoms. The van der Waals surface area contributed by atoms with E-state index in [0.29, 0.717) is 30.1 Å². The van der Waals surface area contributed by atoms with Gasteiger partial charge in [-0.3, -0.25) is 9.89 Å². The molecular formula is C22H23N3O3. The Morgan fingerprint density at radius 1 is 1.14 bits per heavy atom. The molecule has 28 heavy (non-hydrogen) atoms. The molecule has 0 saturated carbocycles. The molecular weight excluding hydrogens is 354 g/mol. The Morgan fingerprint density at radius 3 is 2.57 bits per heavy atom. The first-order valence-electron chi connectivity index (χ1n) is 9.26. The van der Waals surface area contributed by atoms with E-state index in [0.717, 1.165) is 22.3 Å². The fourth-order valence-electron chi connectivity index (χ4n) is 3.76. The molecule has 1 aliphatic heterocycles. The van der Waals surface area contributed by atoms with Crippen molar-refractivity contribution in [2.45, 2.75) is 19.9 Å². The smallest absolute Gasteiger partial charge is 0.273 e. The number of aromatic hydroxyl groups is 1. The minimum absolute atomic E-state index is 0.108. The van der Waals surface area contributed by atoms with Crippen LogP contribution in [-0.2, 0) is 4.74 Å². The van der Waals surface area contributed by atoms with Gasteiger partial charge in [-0.25, -0.2) is 0 Å². The Labute approximate surface area is 163 Å². The van der Waals surface area contributed by atoms with Gasteiger partial charge in [-0.1, -0.05) is 41.5 Å². The Balaban J connectivity index is 1.89. The number of aromatic amines is 1. The first-order chi connectivity index (χ1) is 13.5. The van der Waals surface area contributed by atoms with Crippen LogP contribution in [0, 0.1) is 13.8 Å². The average Bonchev–Trinajstić information content (AvgIpc) is 3.22. The van der Waals surface area contributed by atoms with Crippen molar-refractivity contribution in [2.24, 2.45) is 0 Å². The van der Waals surface area contributed by atoms with Crippen molar-refractivity contribution in [1.29, 1.82) is 0 Å². The summed E-state index contributed by atoms with van der Waals surface area (Å²) >= 11 is 0. The van der Waals surface area contributed by atoms with E-state index in [1.54, 1.807) is 18.1 Å². The lowest BCUT2D eigenvalue weighted by molar-refractivity contribution is 0.0677. The minimum atomic E-state index is -0.285. The van der Waals surface area contributed by atoms with Gasteiger partial charge in [-0.2, -0.15) is 5.10 Å². The van der Waals surface area contributed by atoms with Crippen LogP contribution in [0.15, 0.2) is 42.5 Å². The van der Waals surface area contributed by atoms with Crippen LogP contribution in [0.4, 0.5) is 0 Å². The van der Waals surface area contributed by atoms with Crippen molar-refractivity contribution in [3.05, 3.63) is 70.4 Å².